The first-order chi connectivity index (χ1) is 14.7. The lowest BCUT2D eigenvalue weighted by Gasteiger charge is -2.45. The SMILES string of the molecule is COc1ccc(N=C(N2CCOCC2)P(=O)(N2CCOCC2)N2CCOCC2)cc1. The molecular formula is C20H31N4O5P. The average molecular weight is 438 g/mol. The van der Waals surface area contributed by atoms with Crippen LogP contribution in [0.5, 0.6) is 5.75 Å². The highest BCUT2D eigenvalue weighted by Crippen LogP contribution is 2.56. The molecule has 1 aromatic rings. The van der Waals surface area contributed by atoms with Gasteiger partial charge in [-0.2, -0.15) is 0 Å². The van der Waals surface area contributed by atoms with E-state index in [1.165, 1.54) is 0 Å². The molecule has 0 N–H and O–H groups in total. The van der Waals surface area contributed by atoms with Crippen LogP contribution in [0.25, 0.3) is 0 Å². The van der Waals surface area contributed by atoms with Crippen molar-refractivity contribution in [2.24, 2.45) is 4.99 Å². The van der Waals surface area contributed by atoms with Crippen LogP contribution < -0.4 is 4.74 Å². The monoisotopic (exact) mass is 438 g/mol. The fourth-order valence-corrected chi connectivity index (χ4v) is 7.03. The second-order valence-corrected chi connectivity index (χ2v) is 10.0. The van der Waals surface area contributed by atoms with Gasteiger partial charge in [0.25, 0.3) is 7.44 Å². The van der Waals surface area contributed by atoms with Gasteiger partial charge >= 0.3 is 0 Å². The molecule has 4 rings (SSSR count). The summed E-state index contributed by atoms with van der Waals surface area (Å²) in [6.45, 7) is 7.37. The number of ether oxygens (including phenoxy) is 4. The Morgan fingerprint density at radius 2 is 1.30 bits per heavy atom. The van der Waals surface area contributed by atoms with Gasteiger partial charge < -0.3 is 23.8 Å². The Morgan fingerprint density at radius 3 is 1.77 bits per heavy atom. The van der Waals surface area contributed by atoms with E-state index in [-0.39, 0.29) is 0 Å². The van der Waals surface area contributed by atoms with E-state index in [9.17, 15) is 4.57 Å². The highest BCUT2D eigenvalue weighted by molar-refractivity contribution is 7.76. The van der Waals surface area contributed by atoms with Gasteiger partial charge in [0.2, 0.25) is 0 Å². The maximum Gasteiger partial charge on any atom is 0.280 e. The van der Waals surface area contributed by atoms with Gasteiger partial charge in [0, 0.05) is 39.3 Å². The normalized spacial score (nSPS) is 22.8. The van der Waals surface area contributed by atoms with Crippen molar-refractivity contribution in [3.63, 3.8) is 0 Å². The van der Waals surface area contributed by atoms with Crippen LogP contribution in [0.4, 0.5) is 5.69 Å². The predicted molar refractivity (Wildman–Crippen MR) is 115 cm³/mol. The van der Waals surface area contributed by atoms with Crippen molar-refractivity contribution in [2.45, 2.75) is 0 Å². The van der Waals surface area contributed by atoms with Crippen molar-refractivity contribution in [1.29, 1.82) is 0 Å². The van der Waals surface area contributed by atoms with E-state index in [1.54, 1.807) is 7.11 Å². The zero-order valence-electron chi connectivity index (χ0n) is 17.6. The number of rotatable bonds is 5. The van der Waals surface area contributed by atoms with Gasteiger partial charge in [0.15, 0.2) is 5.58 Å². The van der Waals surface area contributed by atoms with E-state index in [1.807, 2.05) is 24.3 Å². The molecule has 0 spiro atoms. The van der Waals surface area contributed by atoms with Gasteiger partial charge in [-0.05, 0) is 24.3 Å². The van der Waals surface area contributed by atoms with Crippen LogP contribution in [0.15, 0.2) is 29.3 Å². The van der Waals surface area contributed by atoms with Crippen LogP contribution >= 0.6 is 7.44 Å². The first-order valence-electron chi connectivity index (χ1n) is 10.5. The molecule has 3 aliphatic rings. The third-order valence-electron chi connectivity index (χ3n) is 5.60. The van der Waals surface area contributed by atoms with Crippen molar-refractivity contribution in [1.82, 2.24) is 14.2 Å². The molecule has 0 aliphatic carbocycles. The summed E-state index contributed by atoms with van der Waals surface area (Å²) in [4.78, 5) is 7.12. The van der Waals surface area contributed by atoms with E-state index in [2.05, 4.69) is 14.2 Å². The van der Waals surface area contributed by atoms with E-state index in [4.69, 9.17) is 23.9 Å². The van der Waals surface area contributed by atoms with Gasteiger partial charge in [0.05, 0.1) is 52.4 Å². The fourth-order valence-electron chi connectivity index (χ4n) is 3.94. The molecule has 0 radical (unpaired) electrons. The summed E-state index contributed by atoms with van der Waals surface area (Å²) in [6, 6.07) is 7.57. The third kappa shape index (κ3) is 4.72. The number of hydrogen-bond donors (Lipinski definition) is 0. The lowest BCUT2D eigenvalue weighted by Crippen LogP contribution is -2.50. The zero-order valence-corrected chi connectivity index (χ0v) is 18.5. The maximum absolute atomic E-state index is 15.0. The van der Waals surface area contributed by atoms with Gasteiger partial charge in [-0.15, -0.1) is 0 Å². The van der Waals surface area contributed by atoms with E-state index >= 15 is 0 Å². The summed E-state index contributed by atoms with van der Waals surface area (Å²) in [6.07, 6.45) is 0. The molecular weight excluding hydrogens is 407 g/mol. The van der Waals surface area contributed by atoms with Crippen molar-refractivity contribution < 1.29 is 23.5 Å². The molecule has 10 heteroatoms. The molecule has 0 unspecified atom stereocenters. The molecule has 166 valence electrons. The summed E-state index contributed by atoms with van der Waals surface area (Å²) in [5.41, 5.74) is 1.40. The van der Waals surface area contributed by atoms with E-state index in [0.29, 0.717) is 84.5 Å². The number of morpholine rings is 3. The average Bonchev–Trinajstić information content (AvgIpc) is 2.84. The zero-order chi connectivity index (χ0) is 20.8. The van der Waals surface area contributed by atoms with E-state index < -0.39 is 7.44 Å². The Balaban J connectivity index is 1.76. The van der Waals surface area contributed by atoms with Crippen molar-refractivity contribution in [2.75, 3.05) is 86.0 Å². The minimum atomic E-state index is -3.14. The largest absolute Gasteiger partial charge is 0.497 e. The molecule has 9 nitrogen and oxygen atoms in total. The summed E-state index contributed by atoms with van der Waals surface area (Å²) >= 11 is 0. The molecule has 3 saturated heterocycles. The second kappa shape index (κ2) is 10.2. The third-order valence-corrected chi connectivity index (χ3v) is 8.84. The smallest absolute Gasteiger partial charge is 0.280 e. The molecule has 3 aliphatic heterocycles. The minimum Gasteiger partial charge on any atom is -0.497 e. The van der Waals surface area contributed by atoms with Gasteiger partial charge in [-0.1, -0.05) is 0 Å². The number of methoxy groups -OCH3 is 1. The summed E-state index contributed by atoms with van der Waals surface area (Å²) in [5.74, 6) is 0.770. The molecule has 30 heavy (non-hydrogen) atoms. The highest BCUT2D eigenvalue weighted by Gasteiger charge is 2.46. The fraction of sp³-hybridized carbons (Fsp3) is 0.650. The molecule has 0 amide bonds. The van der Waals surface area contributed by atoms with Crippen LogP contribution in [0.2, 0.25) is 0 Å². The van der Waals surface area contributed by atoms with Gasteiger partial charge in [-0.25, -0.2) is 14.3 Å². The Morgan fingerprint density at radius 1 is 0.833 bits per heavy atom. The Bertz CT molecular complexity index is 735. The van der Waals surface area contributed by atoms with E-state index in [0.717, 1.165) is 11.4 Å². The molecule has 0 bridgehead atoms. The molecule has 0 atom stereocenters. The molecule has 1 aromatic carbocycles. The molecule has 0 saturated carbocycles. The quantitative estimate of drug-likeness (QED) is 0.392. The Kier molecular flexibility index (Phi) is 7.41. The molecule has 3 fully saturated rings. The van der Waals surface area contributed by atoms with Crippen molar-refractivity contribution in [3.05, 3.63) is 24.3 Å². The topological polar surface area (TPSA) is 76.1 Å². The summed E-state index contributed by atoms with van der Waals surface area (Å²) in [7, 11) is -1.50. The lowest BCUT2D eigenvalue weighted by atomic mass is 10.3. The van der Waals surface area contributed by atoms with Crippen LogP contribution in [-0.4, -0.2) is 106 Å². The predicted octanol–water partition coefficient (Wildman–Crippen LogP) is 1.87. The summed E-state index contributed by atoms with van der Waals surface area (Å²) in [5, 5.41) is 0. The number of amidine groups is 1. The van der Waals surface area contributed by atoms with Crippen LogP contribution in [-0.2, 0) is 18.8 Å². The van der Waals surface area contributed by atoms with Crippen LogP contribution in [0.1, 0.15) is 0 Å². The first-order valence-corrected chi connectivity index (χ1v) is 12.2. The minimum absolute atomic E-state index is 0.577. The van der Waals surface area contributed by atoms with Crippen molar-refractivity contribution in [3.8, 4) is 5.75 Å². The number of hydrogen-bond acceptors (Lipinski definition) is 6. The number of nitrogens with zero attached hydrogens (tertiary/aromatic N) is 4. The Labute approximate surface area is 178 Å². The van der Waals surface area contributed by atoms with Crippen LogP contribution in [0, 0.1) is 0 Å². The number of benzene rings is 1. The first kappa shape index (κ1) is 21.7. The number of aliphatic imine (C=N–C) groups is 1. The van der Waals surface area contributed by atoms with Gasteiger partial charge in [-0.3, -0.25) is 4.57 Å². The van der Waals surface area contributed by atoms with Crippen molar-refractivity contribution >= 4 is 18.7 Å². The molecule has 3 heterocycles. The standard InChI is InChI=1S/C20H31N4O5P/c1-26-19-4-2-18(3-5-19)21-20(22-6-12-27-13-7-22)30(25,23-8-14-28-15-9-23)24-10-16-29-17-11-24/h2-5H,6-17H2,1H3. The Hall–Kier alpha value is -1.48. The second-order valence-electron chi connectivity index (χ2n) is 7.39. The van der Waals surface area contributed by atoms with Gasteiger partial charge in [0.1, 0.15) is 5.75 Å². The molecule has 0 aromatic heterocycles. The lowest BCUT2D eigenvalue weighted by molar-refractivity contribution is 0.0518. The maximum atomic E-state index is 15.0. The highest BCUT2D eigenvalue weighted by atomic mass is 31.2. The van der Waals surface area contributed by atoms with Crippen LogP contribution in [0.3, 0.4) is 0 Å². The summed E-state index contributed by atoms with van der Waals surface area (Å²) < 4.78 is 41.1.